The second kappa shape index (κ2) is 9.16. The first-order chi connectivity index (χ1) is 13.1. The lowest BCUT2D eigenvalue weighted by molar-refractivity contribution is -0.192. The zero-order chi connectivity index (χ0) is 20.9. The van der Waals surface area contributed by atoms with Crippen molar-refractivity contribution >= 4 is 5.97 Å². The molecule has 0 unspecified atom stereocenters. The quantitative estimate of drug-likeness (QED) is 0.767. The third-order valence-electron chi connectivity index (χ3n) is 4.37. The van der Waals surface area contributed by atoms with E-state index in [2.05, 4.69) is 10.00 Å². The predicted octanol–water partition coefficient (Wildman–Crippen LogP) is 2.37. The molecule has 1 aromatic heterocycles. The lowest BCUT2D eigenvalue weighted by Crippen LogP contribution is -2.36. The van der Waals surface area contributed by atoms with Crippen LogP contribution in [0.2, 0.25) is 0 Å². The summed E-state index contributed by atoms with van der Waals surface area (Å²) in [5.74, 6) is -2.97. The van der Waals surface area contributed by atoms with Gasteiger partial charge in [0.25, 0.3) is 0 Å². The van der Waals surface area contributed by atoms with Crippen LogP contribution < -0.4 is 0 Å². The molecule has 1 fully saturated rings. The van der Waals surface area contributed by atoms with Crippen molar-refractivity contribution < 1.29 is 32.6 Å². The summed E-state index contributed by atoms with van der Waals surface area (Å²) in [5, 5.41) is 21.5. The number of aliphatic hydroxyl groups is 1. The van der Waals surface area contributed by atoms with E-state index in [1.807, 2.05) is 19.4 Å². The number of benzene rings is 1. The highest BCUT2D eigenvalue weighted by Crippen LogP contribution is 2.24. The van der Waals surface area contributed by atoms with Gasteiger partial charge in [-0.15, -0.1) is 0 Å². The number of aliphatic carboxylic acids is 1. The Morgan fingerprint density at radius 3 is 2.36 bits per heavy atom. The summed E-state index contributed by atoms with van der Waals surface area (Å²) in [5.41, 5.74) is 2.20. The summed E-state index contributed by atoms with van der Waals surface area (Å²) < 4.78 is 46.5. The zero-order valence-electron chi connectivity index (χ0n) is 15.1. The number of rotatable bonds is 4. The average molecular weight is 403 g/mol. The van der Waals surface area contributed by atoms with Gasteiger partial charge in [-0.3, -0.25) is 9.58 Å². The zero-order valence-corrected chi connectivity index (χ0v) is 15.1. The number of aliphatic hydroxyl groups excluding tert-OH is 1. The summed E-state index contributed by atoms with van der Waals surface area (Å²) in [4.78, 5) is 11.2. The molecular formula is C18H21F4N3O3. The van der Waals surface area contributed by atoms with Crippen LogP contribution in [0, 0.1) is 5.82 Å². The van der Waals surface area contributed by atoms with Gasteiger partial charge >= 0.3 is 12.1 Å². The smallest absolute Gasteiger partial charge is 0.475 e. The van der Waals surface area contributed by atoms with Gasteiger partial charge in [-0.1, -0.05) is 12.1 Å². The van der Waals surface area contributed by atoms with Crippen molar-refractivity contribution in [3.8, 4) is 0 Å². The Balaban J connectivity index is 0.000000345. The number of aryl methyl sites for hydroxylation is 1. The lowest BCUT2D eigenvalue weighted by atomic mass is 10.0. The fourth-order valence-corrected chi connectivity index (χ4v) is 3.00. The SMILES string of the molecule is Cn1cc(C[C@H]2[C@H](O)CCN2Cc2ccc(F)cc2)cn1.O=C(O)C(F)(F)F. The predicted molar refractivity (Wildman–Crippen MR) is 91.8 cm³/mol. The van der Waals surface area contributed by atoms with Gasteiger partial charge in [0.2, 0.25) is 0 Å². The highest BCUT2D eigenvalue weighted by Gasteiger charge is 2.38. The molecule has 0 spiro atoms. The Morgan fingerprint density at radius 2 is 1.86 bits per heavy atom. The van der Waals surface area contributed by atoms with Crippen LogP contribution in [-0.2, 0) is 24.8 Å². The number of aromatic nitrogens is 2. The van der Waals surface area contributed by atoms with Gasteiger partial charge in [0, 0.05) is 32.4 Å². The number of halogens is 4. The molecule has 28 heavy (non-hydrogen) atoms. The van der Waals surface area contributed by atoms with E-state index in [9.17, 15) is 22.7 Å². The molecule has 1 saturated heterocycles. The first-order valence-electron chi connectivity index (χ1n) is 8.50. The second-order valence-electron chi connectivity index (χ2n) is 6.55. The van der Waals surface area contributed by atoms with Crippen molar-refractivity contribution in [1.29, 1.82) is 0 Å². The van der Waals surface area contributed by atoms with E-state index in [4.69, 9.17) is 9.90 Å². The van der Waals surface area contributed by atoms with Crippen LogP contribution in [0.3, 0.4) is 0 Å². The van der Waals surface area contributed by atoms with Crippen LogP contribution in [0.25, 0.3) is 0 Å². The second-order valence-corrected chi connectivity index (χ2v) is 6.55. The highest BCUT2D eigenvalue weighted by molar-refractivity contribution is 5.73. The summed E-state index contributed by atoms with van der Waals surface area (Å²) in [6, 6.07) is 6.68. The Morgan fingerprint density at radius 1 is 1.25 bits per heavy atom. The Kier molecular flexibility index (Phi) is 7.14. The van der Waals surface area contributed by atoms with Crippen LogP contribution >= 0.6 is 0 Å². The lowest BCUT2D eigenvalue weighted by Gasteiger charge is -2.26. The third-order valence-corrected chi connectivity index (χ3v) is 4.37. The Bertz CT molecular complexity index is 777. The maximum atomic E-state index is 13.0. The molecule has 1 aromatic carbocycles. The maximum Gasteiger partial charge on any atom is 0.490 e. The molecular weight excluding hydrogens is 382 g/mol. The van der Waals surface area contributed by atoms with E-state index in [1.165, 1.54) is 12.1 Å². The first-order valence-corrected chi connectivity index (χ1v) is 8.50. The van der Waals surface area contributed by atoms with Gasteiger partial charge in [0.15, 0.2) is 0 Å². The summed E-state index contributed by atoms with van der Waals surface area (Å²) in [7, 11) is 1.89. The van der Waals surface area contributed by atoms with E-state index >= 15 is 0 Å². The molecule has 2 atom stereocenters. The van der Waals surface area contributed by atoms with Gasteiger partial charge in [-0.05, 0) is 36.1 Å². The van der Waals surface area contributed by atoms with Crippen molar-refractivity contribution in [1.82, 2.24) is 14.7 Å². The summed E-state index contributed by atoms with van der Waals surface area (Å²) in [6.07, 6.45) is 0.00975. The molecule has 2 heterocycles. The minimum absolute atomic E-state index is 0.0965. The van der Waals surface area contributed by atoms with Crippen molar-refractivity contribution in [2.45, 2.75) is 37.7 Å². The monoisotopic (exact) mass is 403 g/mol. The molecule has 0 saturated carbocycles. The average Bonchev–Trinajstić information content (AvgIpc) is 3.17. The largest absolute Gasteiger partial charge is 0.490 e. The van der Waals surface area contributed by atoms with Crippen LogP contribution in [0.5, 0.6) is 0 Å². The standard InChI is InChI=1S/C16H20FN3O.C2HF3O2/c1-19-10-13(9-18-19)8-15-16(21)6-7-20(15)11-12-2-4-14(17)5-3-12;3-2(4,5)1(6)7/h2-5,9-10,15-16,21H,6-8,11H2,1H3;(H,6,7)/t15-,16+;/m0./s1. The summed E-state index contributed by atoms with van der Waals surface area (Å²) in [6.45, 7) is 1.60. The fraction of sp³-hybridized carbons (Fsp3) is 0.444. The van der Waals surface area contributed by atoms with Crippen LogP contribution in [-0.4, -0.2) is 55.7 Å². The van der Waals surface area contributed by atoms with Gasteiger partial charge in [0.05, 0.1) is 12.3 Å². The molecule has 2 aromatic rings. The van der Waals surface area contributed by atoms with Gasteiger partial charge in [-0.25, -0.2) is 9.18 Å². The fourth-order valence-electron chi connectivity index (χ4n) is 3.00. The van der Waals surface area contributed by atoms with E-state index in [0.29, 0.717) is 0 Å². The molecule has 10 heteroatoms. The van der Waals surface area contributed by atoms with Gasteiger partial charge < -0.3 is 10.2 Å². The minimum atomic E-state index is -5.08. The molecule has 0 amide bonds. The molecule has 2 N–H and O–H groups in total. The molecule has 6 nitrogen and oxygen atoms in total. The number of carboxylic acids is 1. The Labute approximate surface area is 159 Å². The highest BCUT2D eigenvalue weighted by atomic mass is 19.4. The van der Waals surface area contributed by atoms with Crippen LogP contribution in [0.15, 0.2) is 36.7 Å². The van der Waals surface area contributed by atoms with Gasteiger partial charge in [0.1, 0.15) is 5.82 Å². The summed E-state index contributed by atoms with van der Waals surface area (Å²) >= 11 is 0. The molecule has 1 aliphatic heterocycles. The van der Waals surface area contributed by atoms with Crippen molar-refractivity contribution in [2.24, 2.45) is 7.05 Å². The van der Waals surface area contributed by atoms with Crippen molar-refractivity contribution in [2.75, 3.05) is 6.54 Å². The van der Waals surface area contributed by atoms with E-state index in [-0.39, 0.29) is 18.0 Å². The molecule has 0 bridgehead atoms. The number of likely N-dealkylation sites (tertiary alicyclic amines) is 1. The molecule has 3 rings (SSSR count). The van der Waals surface area contributed by atoms with E-state index in [1.54, 1.807) is 16.8 Å². The molecule has 1 aliphatic rings. The normalized spacial score (nSPS) is 19.9. The molecule has 0 aliphatic carbocycles. The third kappa shape index (κ3) is 6.31. The Hall–Kier alpha value is -2.46. The molecule has 0 radical (unpaired) electrons. The van der Waals surface area contributed by atoms with E-state index < -0.39 is 12.1 Å². The number of alkyl halides is 3. The maximum absolute atomic E-state index is 13.0. The minimum Gasteiger partial charge on any atom is -0.475 e. The van der Waals surface area contributed by atoms with Crippen LogP contribution in [0.1, 0.15) is 17.5 Å². The van der Waals surface area contributed by atoms with Gasteiger partial charge in [-0.2, -0.15) is 18.3 Å². The first kappa shape index (κ1) is 21.8. The number of carbonyl (C=O) groups is 1. The number of hydrogen-bond donors (Lipinski definition) is 2. The number of hydrogen-bond acceptors (Lipinski definition) is 4. The van der Waals surface area contributed by atoms with E-state index in [0.717, 1.165) is 37.1 Å². The number of carboxylic acid groups (broad SMARTS) is 1. The number of nitrogens with zero attached hydrogens (tertiary/aromatic N) is 3. The molecule has 154 valence electrons. The van der Waals surface area contributed by atoms with Crippen molar-refractivity contribution in [3.05, 3.63) is 53.6 Å². The van der Waals surface area contributed by atoms with Crippen molar-refractivity contribution in [3.63, 3.8) is 0 Å². The van der Waals surface area contributed by atoms with Crippen LogP contribution in [0.4, 0.5) is 17.6 Å². The topological polar surface area (TPSA) is 78.6 Å².